The van der Waals surface area contributed by atoms with Crippen molar-refractivity contribution in [2.75, 3.05) is 4.90 Å². The summed E-state index contributed by atoms with van der Waals surface area (Å²) < 4.78 is 2.18. The van der Waals surface area contributed by atoms with E-state index in [9.17, 15) is 0 Å². The summed E-state index contributed by atoms with van der Waals surface area (Å²) in [5, 5.41) is 2.37. The normalized spacial score (nSPS) is 14.1. The molecule has 0 radical (unpaired) electrons. The molecule has 0 saturated heterocycles. The number of anilines is 2. The predicted octanol–water partition coefficient (Wildman–Crippen LogP) is 12.2. The van der Waals surface area contributed by atoms with Crippen LogP contribution >= 0.6 is 0 Å². The number of benzene rings is 5. The Morgan fingerprint density at radius 1 is 0.588 bits per heavy atom. The second-order valence-corrected chi connectivity index (χ2v) is 13.2. The van der Waals surface area contributed by atoms with Crippen LogP contribution < -0.4 is 4.90 Å². The van der Waals surface area contributed by atoms with Gasteiger partial charge >= 0.3 is 0 Å². The fourth-order valence-electron chi connectivity index (χ4n) is 7.28. The number of rotatable bonds is 7. The van der Waals surface area contributed by atoms with Crippen LogP contribution in [0.3, 0.4) is 0 Å². The molecular weight excluding hydrogens is 621 g/mol. The minimum Gasteiger partial charge on any atom is -0.314 e. The molecule has 1 atom stereocenters. The van der Waals surface area contributed by atoms with Gasteiger partial charge in [0.2, 0.25) is 0 Å². The molecule has 5 aromatic carbocycles. The van der Waals surface area contributed by atoms with Crippen LogP contribution in [0.15, 0.2) is 188 Å². The molecule has 8 aromatic rings. The lowest BCUT2D eigenvalue weighted by Crippen LogP contribution is -2.19. The number of fused-ring (bicyclic) bond motifs is 2. The summed E-state index contributed by atoms with van der Waals surface area (Å²) >= 11 is 0. The van der Waals surface area contributed by atoms with Crippen molar-refractivity contribution < 1.29 is 0 Å². The molecule has 4 nitrogen and oxygen atoms in total. The Hall–Kier alpha value is -6.52. The van der Waals surface area contributed by atoms with Crippen molar-refractivity contribution in [3.05, 3.63) is 188 Å². The number of nitrogens with zero attached hydrogens (tertiary/aromatic N) is 4. The Balaban J connectivity index is 1.05. The maximum absolute atomic E-state index is 5.09. The molecule has 0 bridgehead atoms. The first kappa shape index (κ1) is 30.5. The largest absolute Gasteiger partial charge is 0.314 e. The second-order valence-electron chi connectivity index (χ2n) is 13.2. The average molecular weight is 657 g/mol. The zero-order chi connectivity index (χ0) is 34.1. The molecule has 0 N–H and O–H groups in total. The topological polar surface area (TPSA) is 33.4 Å². The summed E-state index contributed by atoms with van der Waals surface area (Å²) in [5.41, 5.74) is 13.3. The first-order valence-corrected chi connectivity index (χ1v) is 17.5. The molecule has 3 aromatic heterocycles. The third kappa shape index (κ3) is 5.81. The lowest BCUT2D eigenvalue weighted by Gasteiger charge is -2.30. The van der Waals surface area contributed by atoms with Crippen LogP contribution in [-0.2, 0) is 0 Å². The average Bonchev–Trinajstić information content (AvgIpc) is 3.59. The summed E-state index contributed by atoms with van der Waals surface area (Å²) in [6.45, 7) is 2.28. The van der Waals surface area contributed by atoms with Gasteiger partial charge in [-0.25, -0.2) is 4.98 Å². The van der Waals surface area contributed by atoms with Crippen molar-refractivity contribution in [3.63, 3.8) is 0 Å². The van der Waals surface area contributed by atoms with Gasteiger partial charge in [0, 0.05) is 51.5 Å². The van der Waals surface area contributed by atoms with Gasteiger partial charge in [-0.2, -0.15) is 0 Å². The Labute approximate surface area is 298 Å². The molecule has 0 aliphatic heterocycles. The van der Waals surface area contributed by atoms with E-state index in [1.165, 1.54) is 27.6 Å². The zero-order valence-corrected chi connectivity index (χ0v) is 28.4. The number of imidazole rings is 1. The van der Waals surface area contributed by atoms with E-state index in [0.717, 1.165) is 57.2 Å². The lowest BCUT2D eigenvalue weighted by molar-refractivity contribution is 0.696. The van der Waals surface area contributed by atoms with E-state index >= 15 is 0 Å². The van der Waals surface area contributed by atoms with Crippen LogP contribution in [-0.4, -0.2) is 14.4 Å². The van der Waals surface area contributed by atoms with Crippen LogP contribution in [0.5, 0.6) is 0 Å². The number of hydrogen-bond donors (Lipinski definition) is 0. The van der Waals surface area contributed by atoms with Crippen LogP contribution in [0.25, 0.3) is 61.3 Å². The van der Waals surface area contributed by atoms with E-state index in [1.54, 1.807) is 0 Å². The van der Waals surface area contributed by atoms with Gasteiger partial charge in [0.25, 0.3) is 0 Å². The smallest absolute Gasteiger partial charge is 0.137 e. The summed E-state index contributed by atoms with van der Waals surface area (Å²) in [7, 11) is 0. The second kappa shape index (κ2) is 13.1. The number of allylic oxidation sites excluding steroid dienone is 4. The minimum atomic E-state index is 0.465. The minimum absolute atomic E-state index is 0.465. The summed E-state index contributed by atoms with van der Waals surface area (Å²) in [5.74, 6) is 0.465. The van der Waals surface area contributed by atoms with Crippen molar-refractivity contribution in [1.29, 1.82) is 0 Å². The number of aromatic nitrogens is 3. The van der Waals surface area contributed by atoms with Gasteiger partial charge in [-0.3, -0.25) is 9.38 Å². The quantitative estimate of drug-likeness (QED) is 0.171. The molecule has 0 saturated carbocycles. The molecule has 9 rings (SSSR count). The molecule has 0 amide bonds. The van der Waals surface area contributed by atoms with Crippen LogP contribution in [0.2, 0.25) is 0 Å². The molecule has 1 aliphatic carbocycles. The van der Waals surface area contributed by atoms with Crippen molar-refractivity contribution in [2.45, 2.75) is 13.3 Å². The van der Waals surface area contributed by atoms with E-state index in [2.05, 4.69) is 186 Å². The Morgan fingerprint density at radius 3 is 1.96 bits per heavy atom. The molecule has 0 spiro atoms. The van der Waals surface area contributed by atoms with E-state index in [4.69, 9.17) is 9.97 Å². The van der Waals surface area contributed by atoms with Crippen molar-refractivity contribution >= 4 is 27.8 Å². The van der Waals surface area contributed by atoms with Crippen LogP contribution in [0.1, 0.15) is 13.3 Å². The third-order valence-electron chi connectivity index (χ3n) is 9.81. The molecule has 244 valence electrons. The van der Waals surface area contributed by atoms with Gasteiger partial charge in [-0.05, 0) is 77.4 Å². The van der Waals surface area contributed by atoms with Crippen LogP contribution in [0.4, 0.5) is 11.4 Å². The highest BCUT2D eigenvalue weighted by Crippen LogP contribution is 2.39. The van der Waals surface area contributed by atoms with Crippen molar-refractivity contribution in [3.8, 4) is 44.9 Å². The number of pyridine rings is 2. The van der Waals surface area contributed by atoms with E-state index in [-0.39, 0.29) is 0 Å². The Kier molecular flexibility index (Phi) is 7.82. The first-order valence-electron chi connectivity index (χ1n) is 17.5. The van der Waals surface area contributed by atoms with Crippen LogP contribution in [0, 0.1) is 5.92 Å². The summed E-state index contributed by atoms with van der Waals surface area (Å²) in [6, 6.07) is 53.7. The Bertz CT molecular complexity index is 2540. The van der Waals surface area contributed by atoms with Gasteiger partial charge in [-0.15, -0.1) is 0 Å². The van der Waals surface area contributed by atoms with Gasteiger partial charge < -0.3 is 4.90 Å². The highest BCUT2D eigenvalue weighted by atomic mass is 15.1. The molecular formula is C47H36N4. The molecule has 1 aliphatic rings. The monoisotopic (exact) mass is 656 g/mol. The highest BCUT2D eigenvalue weighted by molar-refractivity contribution is 5.94. The van der Waals surface area contributed by atoms with Crippen molar-refractivity contribution in [2.24, 2.45) is 5.92 Å². The lowest BCUT2D eigenvalue weighted by atomic mass is 9.97. The molecule has 51 heavy (non-hydrogen) atoms. The predicted molar refractivity (Wildman–Crippen MR) is 212 cm³/mol. The highest BCUT2D eigenvalue weighted by Gasteiger charge is 2.20. The zero-order valence-electron chi connectivity index (χ0n) is 28.4. The van der Waals surface area contributed by atoms with Gasteiger partial charge in [0.1, 0.15) is 5.65 Å². The summed E-state index contributed by atoms with van der Waals surface area (Å²) in [6.07, 6.45) is 11.7. The fourth-order valence-corrected chi connectivity index (χ4v) is 7.28. The van der Waals surface area contributed by atoms with Gasteiger partial charge in [0.05, 0.1) is 17.1 Å². The maximum Gasteiger partial charge on any atom is 0.137 e. The van der Waals surface area contributed by atoms with Gasteiger partial charge in [0.15, 0.2) is 0 Å². The molecule has 4 heteroatoms. The Morgan fingerprint density at radius 2 is 1.22 bits per heavy atom. The summed E-state index contributed by atoms with van der Waals surface area (Å²) in [4.78, 5) is 12.2. The van der Waals surface area contributed by atoms with E-state index in [1.807, 2.05) is 12.3 Å². The van der Waals surface area contributed by atoms with Gasteiger partial charge in [-0.1, -0.05) is 128 Å². The fraction of sp³-hybridized carbons (Fsp3) is 0.0638. The standard InChI is InChI=1S/C47H36N4/c1-33-10-9-14-42(32-33)51(41-27-23-38(24-28-41)46-47(39-12-3-2-4-13-39)50-31-8-7-16-44(50)49-46)40-25-21-35(22-26-40)34-17-19-37(20-18-34)45-43-15-6-5-11-36(43)29-30-48-45/h2-31,33H,32H2,1H3. The third-order valence-corrected chi connectivity index (χ3v) is 9.81. The van der Waals surface area contributed by atoms with Crippen molar-refractivity contribution in [1.82, 2.24) is 14.4 Å². The molecule has 0 fully saturated rings. The molecule has 1 unspecified atom stereocenters. The first-order chi connectivity index (χ1) is 25.2. The maximum atomic E-state index is 5.09. The van der Waals surface area contributed by atoms with E-state index in [0.29, 0.717) is 5.92 Å². The SMILES string of the molecule is CC1C=CC=C(N(c2ccc(-c3ccc(-c4nccc5ccccc45)cc3)cc2)c2ccc(-c3nc4ccccn4c3-c3ccccc3)cc2)C1. The molecule has 3 heterocycles. The number of hydrogen-bond acceptors (Lipinski definition) is 3. The van der Waals surface area contributed by atoms with E-state index < -0.39 is 0 Å².